The summed E-state index contributed by atoms with van der Waals surface area (Å²) in [7, 11) is 0. The Kier molecular flexibility index (Phi) is 9.23. The SMILES string of the molecule is O=C(OCCOCCCOC(F)(F)C(=O)[O-])c1cc(I)cc(I)c1O. The number of halogens is 4. The van der Waals surface area contributed by atoms with Crippen LogP contribution in [-0.2, 0) is 19.0 Å². The monoisotopic (exact) mass is 585 g/mol. The predicted octanol–water partition coefficient (Wildman–Crippen LogP) is 1.52. The van der Waals surface area contributed by atoms with Crippen molar-refractivity contribution in [3.63, 3.8) is 0 Å². The highest BCUT2D eigenvalue weighted by Gasteiger charge is 2.31. The Morgan fingerprint density at radius 2 is 1.84 bits per heavy atom. The first-order valence-corrected chi connectivity index (χ1v) is 8.97. The first-order valence-electron chi connectivity index (χ1n) is 6.81. The first-order chi connectivity index (χ1) is 11.6. The minimum absolute atomic E-state index is 0.00436. The maximum absolute atomic E-state index is 12.5. The Bertz CT molecular complexity index is 625. The fourth-order valence-electron chi connectivity index (χ4n) is 1.51. The number of alkyl halides is 2. The van der Waals surface area contributed by atoms with Crippen LogP contribution < -0.4 is 5.11 Å². The van der Waals surface area contributed by atoms with Gasteiger partial charge in [0.2, 0.25) is 0 Å². The Morgan fingerprint density at radius 3 is 2.48 bits per heavy atom. The maximum Gasteiger partial charge on any atom is 0.397 e. The number of aliphatic carboxylic acids is 1. The molecule has 1 aromatic rings. The molecule has 0 fully saturated rings. The van der Waals surface area contributed by atoms with Crippen molar-refractivity contribution in [2.24, 2.45) is 0 Å². The number of esters is 1. The molecule has 0 aliphatic rings. The summed E-state index contributed by atoms with van der Waals surface area (Å²) in [6, 6.07) is 3.18. The third-order valence-electron chi connectivity index (χ3n) is 2.66. The highest BCUT2D eigenvalue weighted by Crippen LogP contribution is 2.27. The quantitative estimate of drug-likeness (QED) is 0.253. The molecule has 0 atom stereocenters. The van der Waals surface area contributed by atoms with Gasteiger partial charge in [0, 0.05) is 10.2 Å². The minimum Gasteiger partial charge on any atom is -0.542 e. The third-order valence-corrected chi connectivity index (χ3v) is 4.11. The lowest BCUT2D eigenvalue weighted by molar-refractivity contribution is -0.363. The van der Waals surface area contributed by atoms with Crippen LogP contribution in [-0.4, -0.2) is 49.6 Å². The van der Waals surface area contributed by atoms with Gasteiger partial charge in [-0.25, -0.2) is 4.79 Å². The average Bonchev–Trinajstić information content (AvgIpc) is 2.52. The van der Waals surface area contributed by atoms with Crippen molar-refractivity contribution in [2.75, 3.05) is 26.4 Å². The van der Waals surface area contributed by atoms with E-state index in [1.54, 1.807) is 6.07 Å². The highest BCUT2D eigenvalue weighted by atomic mass is 127. The van der Waals surface area contributed by atoms with Gasteiger partial charge in [0.15, 0.2) is 0 Å². The second-order valence-corrected chi connectivity index (χ2v) is 6.95. The molecular weight excluding hydrogens is 572 g/mol. The summed E-state index contributed by atoms with van der Waals surface area (Å²) in [5.74, 6) is -3.48. The smallest absolute Gasteiger partial charge is 0.397 e. The van der Waals surface area contributed by atoms with E-state index >= 15 is 0 Å². The largest absolute Gasteiger partial charge is 0.542 e. The van der Waals surface area contributed by atoms with E-state index in [-0.39, 0.29) is 37.6 Å². The van der Waals surface area contributed by atoms with Gasteiger partial charge in [0.25, 0.3) is 0 Å². The summed E-state index contributed by atoms with van der Waals surface area (Å²) in [4.78, 5) is 21.9. The van der Waals surface area contributed by atoms with E-state index in [2.05, 4.69) is 4.74 Å². The predicted molar refractivity (Wildman–Crippen MR) is 95.2 cm³/mol. The van der Waals surface area contributed by atoms with Gasteiger partial charge in [0.1, 0.15) is 23.9 Å². The molecule has 0 heterocycles. The number of benzene rings is 1. The number of phenols is 1. The zero-order valence-electron chi connectivity index (χ0n) is 12.6. The van der Waals surface area contributed by atoms with Gasteiger partial charge < -0.3 is 29.2 Å². The second-order valence-electron chi connectivity index (χ2n) is 4.54. The molecular formula is C14H13F2I2O7-. The summed E-state index contributed by atoms with van der Waals surface area (Å²) < 4.78 is 40.1. The van der Waals surface area contributed by atoms with E-state index in [9.17, 15) is 28.6 Å². The number of carboxylic acids is 1. The molecule has 0 radical (unpaired) electrons. The molecule has 0 saturated heterocycles. The molecule has 0 bridgehead atoms. The average molecular weight is 585 g/mol. The molecule has 1 rings (SSSR count). The van der Waals surface area contributed by atoms with E-state index in [0.717, 1.165) is 3.57 Å². The molecule has 7 nitrogen and oxygen atoms in total. The Balaban J connectivity index is 2.22. The molecule has 0 saturated carbocycles. The van der Waals surface area contributed by atoms with E-state index in [1.165, 1.54) is 6.07 Å². The lowest BCUT2D eigenvalue weighted by Gasteiger charge is -2.17. The summed E-state index contributed by atoms with van der Waals surface area (Å²) >= 11 is 3.89. The number of carbonyl (C=O) groups excluding carboxylic acids is 2. The van der Waals surface area contributed by atoms with Crippen LogP contribution in [0.25, 0.3) is 0 Å². The van der Waals surface area contributed by atoms with E-state index in [1.807, 2.05) is 45.2 Å². The van der Waals surface area contributed by atoms with Crippen molar-refractivity contribution >= 4 is 57.1 Å². The summed E-state index contributed by atoms with van der Waals surface area (Å²) in [5.41, 5.74) is 0.0363. The van der Waals surface area contributed by atoms with Crippen LogP contribution in [0.1, 0.15) is 16.8 Å². The molecule has 1 aromatic carbocycles. The molecule has 0 aliphatic heterocycles. The molecule has 0 amide bonds. The standard InChI is InChI=1S/C14H14F2I2O7/c15-14(16,13(21)22)25-3-1-2-23-4-5-24-12(20)9-6-8(17)7-10(18)11(9)19/h6-7,19H,1-5H2,(H,21,22)/p-1. The minimum atomic E-state index is -4.33. The van der Waals surface area contributed by atoms with E-state index in [4.69, 9.17) is 9.47 Å². The number of aromatic hydroxyl groups is 1. The Labute approximate surface area is 168 Å². The van der Waals surface area contributed by atoms with Gasteiger partial charge in [-0.2, -0.15) is 8.78 Å². The van der Waals surface area contributed by atoms with Crippen molar-refractivity contribution in [1.82, 2.24) is 0 Å². The second kappa shape index (κ2) is 10.4. The van der Waals surface area contributed by atoms with Gasteiger partial charge in [-0.15, -0.1) is 0 Å². The summed E-state index contributed by atoms with van der Waals surface area (Å²) in [5, 5.41) is 19.8. The Hall–Kier alpha value is -0.800. The highest BCUT2D eigenvalue weighted by molar-refractivity contribution is 14.1. The fraction of sp³-hybridized carbons (Fsp3) is 0.429. The third kappa shape index (κ3) is 7.53. The molecule has 140 valence electrons. The number of hydrogen-bond donors (Lipinski definition) is 1. The van der Waals surface area contributed by atoms with Gasteiger partial charge in [-0.1, -0.05) is 0 Å². The summed E-state index contributed by atoms with van der Waals surface area (Å²) in [6.45, 7) is -0.622. The van der Waals surface area contributed by atoms with Crippen LogP contribution in [0.5, 0.6) is 5.75 Å². The van der Waals surface area contributed by atoms with Crippen molar-refractivity contribution < 1.29 is 42.8 Å². The van der Waals surface area contributed by atoms with Crippen LogP contribution in [0.3, 0.4) is 0 Å². The van der Waals surface area contributed by atoms with Crippen LogP contribution in [0.15, 0.2) is 12.1 Å². The number of rotatable bonds is 10. The van der Waals surface area contributed by atoms with E-state index < -0.39 is 24.7 Å². The van der Waals surface area contributed by atoms with Gasteiger partial charge in [-0.05, 0) is 63.7 Å². The molecule has 11 heteroatoms. The van der Waals surface area contributed by atoms with Crippen molar-refractivity contribution in [3.8, 4) is 5.75 Å². The molecule has 1 N–H and O–H groups in total. The number of ether oxygens (including phenoxy) is 3. The van der Waals surface area contributed by atoms with Crippen molar-refractivity contribution in [1.29, 1.82) is 0 Å². The molecule has 0 spiro atoms. The molecule has 25 heavy (non-hydrogen) atoms. The number of hydrogen-bond acceptors (Lipinski definition) is 7. The fourth-order valence-corrected chi connectivity index (χ4v) is 3.36. The molecule has 0 aliphatic carbocycles. The van der Waals surface area contributed by atoms with Crippen LogP contribution >= 0.6 is 45.2 Å². The normalized spacial score (nSPS) is 11.4. The molecule has 0 aromatic heterocycles. The lowest BCUT2D eigenvalue weighted by Crippen LogP contribution is -2.43. The van der Waals surface area contributed by atoms with Crippen LogP contribution in [0.4, 0.5) is 8.78 Å². The van der Waals surface area contributed by atoms with Gasteiger partial charge in [-0.3, -0.25) is 0 Å². The van der Waals surface area contributed by atoms with Crippen LogP contribution in [0.2, 0.25) is 0 Å². The van der Waals surface area contributed by atoms with E-state index in [0.29, 0.717) is 3.57 Å². The number of carbonyl (C=O) groups is 2. The first kappa shape index (κ1) is 22.2. The topological polar surface area (TPSA) is 105 Å². The van der Waals surface area contributed by atoms with Crippen molar-refractivity contribution in [3.05, 3.63) is 24.8 Å². The molecule has 0 unspecified atom stereocenters. The van der Waals surface area contributed by atoms with Gasteiger partial charge >= 0.3 is 12.1 Å². The van der Waals surface area contributed by atoms with Crippen molar-refractivity contribution in [2.45, 2.75) is 12.5 Å². The zero-order chi connectivity index (χ0) is 19.0. The van der Waals surface area contributed by atoms with Gasteiger partial charge in [0.05, 0.1) is 16.8 Å². The van der Waals surface area contributed by atoms with Crippen LogP contribution in [0, 0.1) is 7.14 Å². The number of phenolic OH excluding ortho intramolecular Hbond substituents is 1. The summed E-state index contributed by atoms with van der Waals surface area (Å²) in [6.07, 6.45) is -4.31. The maximum atomic E-state index is 12.5. The Morgan fingerprint density at radius 1 is 1.16 bits per heavy atom. The lowest BCUT2D eigenvalue weighted by atomic mass is 10.2. The number of carboxylic acid groups (broad SMARTS) is 1. The zero-order valence-corrected chi connectivity index (χ0v) is 16.9.